The summed E-state index contributed by atoms with van der Waals surface area (Å²) in [4.78, 5) is 1.67. The molecule has 0 atom stereocenters. The van der Waals surface area contributed by atoms with E-state index in [1.54, 1.807) is 0 Å². The smallest absolute Gasteiger partial charge is 0.246 e. The minimum Gasteiger partial charge on any atom is -0.363 e. The fourth-order valence-electron chi connectivity index (χ4n) is 2.27. The molecule has 1 aromatic rings. The van der Waals surface area contributed by atoms with Crippen LogP contribution in [0, 0.1) is 5.82 Å². The molecule has 0 radical (unpaired) electrons. The summed E-state index contributed by atoms with van der Waals surface area (Å²) in [6, 6.07) is 5.46. The summed E-state index contributed by atoms with van der Waals surface area (Å²) < 4.78 is 40.0. The first-order valence-corrected chi connectivity index (χ1v) is 9.09. The lowest BCUT2D eigenvalue weighted by Crippen LogP contribution is -2.53. The number of nitrogens with one attached hydrogen (secondary N) is 1. The lowest BCUT2D eigenvalue weighted by Gasteiger charge is -2.35. The van der Waals surface area contributed by atoms with Gasteiger partial charge in [-0.05, 0) is 30.8 Å². The largest absolute Gasteiger partial charge is 0.363 e. The highest BCUT2D eigenvalue weighted by molar-refractivity contribution is 7.89. The van der Waals surface area contributed by atoms with Crippen molar-refractivity contribution in [3.05, 3.63) is 30.1 Å². The Kier molecular flexibility index (Phi) is 5.71. The molecule has 0 amide bonds. The molecule has 2 rings (SSSR count). The first kappa shape index (κ1) is 17.1. The fraction of sp³-hybridized carbons (Fsp3) is 0.500. The molecule has 1 saturated heterocycles. The second-order valence-corrected chi connectivity index (χ2v) is 7.35. The fourth-order valence-corrected chi connectivity index (χ4v) is 4.04. The zero-order valence-electron chi connectivity index (χ0n) is 12.5. The second-order valence-electron chi connectivity index (χ2n) is 5.05. The average Bonchev–Trinajstić information content (AvgIpc) is 2.53. The minimum absolute atomic E-state index is 0.268. The molecule has 1 fully saturated rings. The summed E-state index contributed by atoms with van der Waals surface area (Å²) in [7, 11) is -3.79. The van der Waals surface area contributed by atoms with Crippen LogP contribution in [0.25, 0.3) is 0 Å². The van der Waals surface area contributed by atoms with Gasteiger partial charge in [0.2, 0.25) is 10.0 Å². The molecular weight excluding hydrogens is 325 g/mol. The molecule has 0 unspecified atom stereocenters. The van der Waals surface area contributed by atoms with Gasteiger partial charge in [-0.3, -0.25) is 0 Å². The predicted octanol–water partition coefficient (Wildman–Crippen LogP) is 1.42. The van der Waals surface area contributed by atoms with Crippen molar-refractivity contribution in [1.29, 1.82) is 0 Å². The highest BCUT2D eigenvalue weighted by atomic mass is 32.2. The van der Waals surface area contributed by atoms with E-state index in [1.165, 1.54) is 22.5 Å². The van der Waals surface area contributed by atoms with Gasteiger partial charge >= 0.3 is 0 Å². The van der Waals surface area contributed by atoms with E-state index >= 15 is 0 Å². The van der Waals surface area contributed by atoms with E-state index in [4.69, 9.17) is 12.2 Å². The molecule has 8 heteroatoms. The standard InChI is InChI=1S/C14H20FN3O2S2/c1-2-7-16-14(21)17-8-10-18(11-9-17)22(19,20)13-6-4-3-5-12(13)15/h3-6H,2,7-11H2,1H3,(H,16,21). The Morgan fingerprint density at radius 1 is 1.27 bits per heavy atom. The zero-order chi connectivity index (χ0) is 16.2. The van der Waals surface area contributed by atoms with Crippen LogP contribution in [-0.4, -0.2) is 55.5 Å². The number of hydrogen-bond acceptors (Lipinski definition) is 3. The number of thiocarbonyl (C=S) groups is 1. The SMILES string of the molecule is CCCNC(=S)N1CCN(S(=O)(=O)c2ccccc2F)CC1. The van der Waals surface area contributed by atoms with Crippen LogP contribution >= 0.6 is 12.2 Å². The molecule has 22 heavy (non-hydrogen) atoms. The Morgan fingerprint density at radius 3 is 2.50 bits per heavy atom. The Balaban J connectivity index is 2.02. The van der Waals surface area contributed by atoms with Crippen LogP contribution in [0.3, 0.4) is 0 Å². The van der Waals surface area contributed by atoms with Crippen molar-refractivity contribution in [2.75, 3.05) is 32.7 Å². The molecule has 1 heterocycles. The number of nitrogens with zero attached hydrogens (tertiary/aromatic N) is 2. The normalized spacial score (nSPS) is 16.5. The van der Waals surface area contributed by atoms with Crippen molar-refractivity contribution in [1.82, 2.24) is 14.5 Å². The van der Waals surface area contributed by atoms with Crippen LogP contribution in [-0.2, 0) is 10.0 Å². The molecule has 0 saturated carbocycles. The van der Waals surface area contributed by atoms with Gasteiger partial charge < -0.3 is 10.2 Å². The van der Waals surface area contributed by atoms with E-state index in [0.29, 0.717) is 31.3 Å². The maximum atomic E-state index is 13.7. The molecule has 1 aliphatic heterocycles. The van der Waals surface area contributed by atoms with E-state index in [2.05, 4.69) is 12.2 Å². The lowest BCUT2D eigenvalue weighted by atomic mass is 10.3. The maximum absolute atomic E-state index is 13.7. The van der Waals surface area contributed by atoms with E-state index in [1.807, 2.05) is 4.90 Å². The molecular formula is C14H20FN3O2S2. The summed E-state index contributed by atoms with van der Waals surface area (Å²) in [6.07, 6.45) is 0.974. The van der Waals surface area contributed by atoms with Crippen LogP contribution in [0.5, 0.6) is 0 Å². The highest BCUT2D eigenvalue weighted by Gasteiger charge is 2.30. The Morgan fingerprint density at radius 2 is 1.91 bits per heavy atom. The minimum atomic E-state index is -3.79. The number of sulfonamides is 1. The second kappa shape index (κ2) is 7.34. The molecule has 1 aromatic carbocycles. The molecule has 0 spiro atoms. The summed E-state index contributed by atoms with van der Waals surface area (Å²) in [5.41, 5.74) is 0. The van der Waals surface area contributed by atoms with Crippen molar-refractivity contribution >= 4 is 27.4 Å². The zero-order valence-corrected chi connectivity index (χ0v) is 14.1. The van der Waals surface area contributed by atoms with Crippen LogP contribution < -0.4 is 5.32 Å². The van der Waals surface area contributed by atoms with Gasteiger partial charge in [-0.25, -0.2) is 12.8 Å². The van der Waals surface area contributed by atoms with Gasteiger partial charge in [0.1, 0.15) is 10.7 Å². The summed E-state index contributed by atoms with van der Waals surface area (Å²) >= 11 is 5.27. The molecule has 122 valence electrons. The molecule has 1 N–H and O–H groups in total. The number of rotatable bonds is 4. The van der Waals surface area contributed by atoms with Crippen molar-refractivity contribution in [2.45, 2.75) is 18.2 Å². The first-order valence-electron chi connectivity index (χ1n) is 7.24. The van der Waals surface area contributed by atoms with E-state index in [0.717, 1.165) is 19.0 Å². The van der Waals surface area contributed by atoms with Crippen molar-refractivity contribution in [3.63, 3.8) is 0 Å². The van der Waals surface area contributed by atoms with Gasteiger partial charge in [-0.1, -0.05) is 19.1 Å². The van der Waals surface area contributed by atoms with Crippen molar-refractivity contribution in [3.8, 4) is 0 Å². The van der Waals surface area contributed by atoms with Crippen LogP contribution in [0.1, 0.15) is 13.3 Å². The van der Waals surface area contributed by atoms with Crippen LogP contribution in [0.15, 0.2) is 29.2 Å². The maximum Gasteiger partial charge on any atom is 0.246 e. The molecule has 0 aromatic heterocycles. The summed E-state index contributed by atoms with van der Waals surface area (Å²) in [6.45, 7) is 4.45. The van der Waals surface area contributed by atoms with Crippen molar-refractivity contribution < 1.29 is 12.8 Å². The quantitative estimate of drug-likeness (QED) is 0.837. The monoisotopic (exact) mass is 345 g/mol. The molecule has 0 bridgehead atoms. The van der Waals surface area contributed by atoms with E-state index < -0.39 is 15.8 Å². The third-order valence-electron chi connectivity index (χ3n) is 3.51. The first-order chi connectivity index (χ1) is 10.5. The molecule has 0 aliphatic carbocycles. The van der Waals surface area contributed by atoms with Crippen LogP contribution in [0.4, 0.5) is 4.39 Å². The number of piperazine rings is 1. The predicted molar refractivity (Wildman–Crippen MR) is 87.6 cm³/mol. The third-order valence-corrected chi connectivity index (χ3v) is 5.84. The Bertz CT molecular complexity index is 629. The topological polar surface area (TPSA) is 52.6 Å². The van der Waals surface area contributed by atoms with Gasteiger partial charge in [0.25, 0.3) is 0 Å². The molecule has 1 aliphatic rings. The van der Waals surface area contributed by atoms with Gasteiger partial charge in [-0.2, -0.15) is 4.31 Å². The third kappa shape index (κ3) is 3.74. The highest BCUT2D eigenvalue weighted by Crippen LogP contribution is 2.20. The summed E-state index contributed by atoms with van der Waals surface area (Å²) in [5, 5.41) is 3.77. The average molecular weight is 345 g/mol. The van der Waals surface area contributed by atoms with Gasteiger partial charge in [-0.15, -0.1) is 0 Å². The Hall–Kier alpha value is -1.25. The van der Waals surface area contributed by atoms with Gasteiger partial charge in [0.05, 0.1) is 0 Å². The Labute approximate surface area is 136 Å². The van der Waals surface area contributed by atoms with E-state index in [-0.39, 0.29) is 4.90 Å². The van der Waals surface area contributed by atoms with Crippen LogP contribution in [0.2, 0.25) is 0 Å². The van der Waals surface area contributed by atoms with Gasteiger partial charge in [0.15, 0.2) is 5.11 Å². The summed E-state index contributed by atoms with van der Waals surface area (Å²) in [5.74, 6) is -0.718. The number of hydrogen-bond donors (Lipinski definition) is 1. The molecule has 5 nitrogen and oxygen atoms in total. The van der Waals surface area contributed by atoms with Gasteiger partial charge in [0, 0.05) is 32.7 Å². The number of halogens is 1. The number of benzene rings is 1. The lowest BCUT2D eigenvalue weighted by molar-refractivity contribution is 0.263. The van der Waals surface area contributed by atoms with Crippen molar-refractivity contribution in [2.24, 2.45) is 0 Å². The van der Waals surface area contributed by atoms with E-state index in [9.17, 15) is 12.8 Å².